The van der Waals surface area contributed by atoms with E-state index in [1.807, 2.05) is 19.2 Å². The number of carbonyl (C=O) groups excluding carboxylic acids is 3. The third kappa shape index (κ3) is 4.49. The van der Waals surface area contributed by atoms with Crippen LogP contribution in [0, 0.1) is 0 Å². The summed E-state index contributed by atoms with van der Waals surface area (Å²) in [6.07, 6.45) is 0.562. The van der Waals surface area contributed by atoms with Gasteiger partial charge in [-0.2, -0.15) is 0 Å². The molecule has 1 aromatic carbocycles. The van der Waals surface area contributed by atoms with Crippen LogP contribution in [-0.2, 0) is 35.6 Å². The minimum atomic E-state index is -1.20. The van der Waals surface area contributed by atoms with E-state index in [2.05, 4.69) is 10.2 Å². The van der Waals surface area contributed by atoms with E-state index < -0.39 is 46.9 Å². The summed E-state index contributed by atoms with van der Waals surface area (Å²) in [7, 11) is 3.59. The molecular formula is C29H38N2O9. The largest absolute Gasteiger partial charge is 0.493 e. The van der Waals surface area contributed by atoms with Gasteiger partial charge in [0.1, 0.15) is 11.4 Å². The van der Waals surface area contributed by atoms with Gasteiger partial charge in [0.05, 0.1) is 24.5 Å². The second-order valence-corrected chi connectivity index (χ2v) is 12.0. The zero-order valence-electron chi connectivity index (χ0n) is 23.9. The van der Waals surface area contributed by atoms with Gasteiger partial charge in [-0.05, 0) is 71.8 Å². The van der Waals surface area contributed by atoms with E-state index in [9.17, 15) is 19.5 Å². The molecule has 0 radical (unpaired) electrons. The first-order valence-electron chi connectivity index (χ1n) is 13.7. The van der Waals surface area contributed by atoms with Crippen molar-refractivity contribution in [2.75, 3.05) is 27.2 Å². The average Bonchev–Trinajstić information content (AvgIpc) is 3.22. The molecule has 2 heterocycles. The highest BCUT2D eigenvalue weighted by atomic mass is 16.6. The quantitative estimate of drug-likeness (QED) is 0.380. The number of alkyl carbamates (subject to hydrolysis) is 1. The number of likely N-dealkylation sites (N-methyl/N-ethyl adjacent to an activating group) is 1. The Morgan fingerprint density at radius 1 is 1.27 bits per heavy atom. The number of esters is 2. The molecule has 2 aliphatic carbocycles. The second-order valence-electron chi connectivity index (χ2n) is 12.0. The Kier molecular flexibility index (Phi) is 7.02. The lowest BCUT2D eigenvalue weighted by atomic mass is 9.50. The van der Waals surface area contributed by atoms with Crippen molar-refractivity contribution in [3.05, 3.63) is 35.1 Å². The third-order valence-corrected chi connectivity index (χ3v) is 8.41. The van der Waals surface area contributed by atoms with Crippen LogP contribution in [0.25, 0.3) is 0 Å². The van der Waals surface area contributed by atoms with E-state index in [1.54, 1.807) is 34.0 Å². The molecule has 11 heteroatoms. The van der Waals surface area contributed by atoms with Crippen molar-refractivity contribution in [2.45, 2.75) is 88.2 Å². The number of carbonyl (C=O) groups is 3. The number of amides is 1. The van der Waals surface area contributed by atoms with Crippen molar-refractivity contribution in [1.29, 1.82) is 0 Å². The maximum Gasteiger partial charge on any atom is 0.407 e. The highest BCUT2D eigenvalue weighted by Crippen LogP contribution is 2.65. The van der Waals surface area contributed by atoms with Crippen molar-refractivity contribution in [3.8, 4) is 11.5 Å². The molecule has 5 atom stereocenters. The minimum absolute atomic E-state index is 0.00424. The van der Waals surface area contributed by atoms with Gasteiger partial charge in [0.15, 0.2) is 23.7 Å². The van der Waals surface area contributed by atoms with Crippen molar-refractivity contribution in [3.63, 3.8) is 0 Å². The molecule has 0 saturated carbocycles. The van der Waals surface area contributed by atoms with Gasteiger partial charge in [-0.25, -0.2) is 9.59 Å². The zero-order chi connectivity index (χ0) is 29.0. The van der Waals surface area contributed by atoms with Gasteiger partial charge in [-0.1, -0.05) is 6.07 Å². The van der Waals surface area contributed by atoms with Crippen molar-refractivity contribution < 1.29 is 43.2 Å². The molecule has 2 bridgehead atoms. The molecule has 1 spiro atoms. The number of piperidine rings is 1. The van der Waals surface area contributed by atoms with Crippen molar-refractivity contribution >= 4 is 18.0 Å². The number of aliphatic hydroxyl groups is 1. The van der Waals surface area contributed by atoms with Crippen LogP contribution in [0.2, 0.25) is 0 Å². The summed E-state index contributed by atoms with van der Waals surface area (Å²) in [5.74, 6) is 0.00467. The Labute approximate surface area is 233 Å². The molecule has 1 unspecified atom stereocenters. The highest BCUT2D eigenvalue weighted by molar-refractivity contribution is 5.80. The lowest BCUT2D eigenvalue weighted by Crippen LogP contribution is -2.74. The number of methoxy groups -OCH3 is 1. The molecule has 40 heavy (non-hydrogen) atoms. The first-order chi connectivity index (χ1) is 18.8. The van der Waals surface area contributed by atoms with Crippen LogP contribution in [0.1, 0.15) is 58.1 Å². The molecule has 1 aromatic rings. The molecule has 2 N–H and O–H groups in total. The van der Waals surface area contributed by atoms with Crippen molar-refractivity contribution in [1.82, 2.24) is 10.2 Å². The van der Waals surface area contributed by atoms with Gasteiger partial charge in [0.25, 0.3) is 0 Å². The molecule has 2 aliphatic heterocycles. The van der Waals surface area contributed by atoms with E-state index in [4.69, 9.17) is 23.7 Å². The summed E-state index contributed by atoms with van der Waals surface area (Å²) < 4.78 is 28.3. The van der Waals surface area contributed by atoms with Gasteiger partial charge in [0, 0.05) is 24.6 Å². The average molecular weight is 559 g/mol. The summed E-state index contributed by atoms with van der Waals surface area (Å²) in [5, 5.41) is 14.7. The summed E-state index contributed by atoms with van der Waals surface area (Å²) in [6, 6.07) is 3.78. The van der Waals surface area contributed by atoms with Crippen molar-refractivity contribution in [2.24, 2.45) is 0 Å². The summed E-state index contributed by atoms with van der Waals surface area (Å²) >= 11 is 0. The smallest absolute Gasteiger partial charge is 0.407 e. The fourth-order valence-electron chi connectivity index (χ4n) is 6.67. The molecule has 0 aromatic heterocycles. The Balaban J connectivity index is 1.29. The molecule has 1 amide bonds. The fourth-order valence-corrected chi connectivity index (χ4v) is 6.67. The van der Waals surface area contributed by atoms with Crippen LogP contribution in [0.4, 0.5) is 4.79 Å². The monoisotopic (exact) mass is 558 g/mol. The van der Waals surface area contributed by atoms with Crippen LogP contribution in [0.3, 0.4) is 0 Å². The van der Waals surface area contributed by atoms with E-state index in [1.165, 1.54) is 6.92 Å². The summed E-state index contributed by atoms with van der Waals surface area (Å²) in [6.45, 7) is 7.38. The van der Waals surface area contributed by atoms with Gasteiger partial charge >= 0.3 is 18.0 Å². The fraction of sp³-hybridized carbons (Fsp3) is 0.621. The Bertz CT molecular complexity index is 1250. The molecule has 218 valence electrons. The molecular weight excluding hydrogens is 520 g/mol. The van der Waals surface area contributed by atoms with Gasteiger partial charge in [-0.3, -0.25) is 4.79 Å². The topological polar surface area (TPSA) is 133 Å². The predicted octanol–water partition coefficient (Wildman–Crippen LogP) is 2.36. The summed E-state index contributed by atoms with van der Waals surface area (Å²) in [5.41, 5.74) is -0.560. The van der Waals surface area contributed by atoms with Gasteiger partial charge in [-0.15, -0.1) is 0 Å². The van der Waals surface area contributed by atoms with Crippen LogP contribution in [0.15, 0.2) is 24.0 Å². The normalized spacial score (nSPS) is 28.8. The van der Waals surface area contributed by atoms with Crippen LogP contribution >= 0.6 is 0 Å². The highest BCUT2D eigenvalue weighted by Gasteiger charge is 2.72. The number of nitrogens with zero attached hydrogens (tertiary/aromatic N) is 1. The minimum Gasteiger partial charge on any atom is -0.493 e. The van der Waals surface area contributed by atoms with E-state index in [0.29, 0.717) is 30.1 Å². The maximum atomic E-state index is 13.1. The number of benzene rings is 1. The number of rotatable bonds is 7. The molecule has 1 saturated heterocycles. The predicted molar refractivity (Wildman–Crippen MR) is 142 cm³/mol. The number of likely N-dealkylation sites (tertiary alicyclic amines) is 1. The molecule has 4 aliphatic rings. The lowest BCUT2D eigenvalue weighted by molar-refractivity contribution is -0.175. The van der Waals surface area contributed by atoms with E-state index in [-0.39, 0.29) is 25.4 Å². The standard InChI is InChI=1S/C29H38N2O9/c1-16(37-21(32)10-13-30-26(34)40-27(2,3)4)25(33)38-19-9-11-29(35)20-15-17-7-8-18(36-6)23-22(17)28(29,24(19)39-23)12-14-31(20)5/h7-9,16,20,24,35H,10-15H2,1-6H3,(H,30,34)/t16?,20-,24+,28+,29-/m1/s1. The van der Waals surface area contributed by atoms with Gasteiger partial charge < -0.3 is 39.0 Å². The van der Waals surface area contributed by atoms with E-state index >= 15 is 0 Å². The van der Waals surface area contributed by atoms with Crippen LogP contribution in [-0.4, -0.2) is 84.7 Å². The van der Waals surface area contributed by atoms with Crippen LogP contribution < -0.4 is 14.8 Å². The third-order valence-electron chi connectivity index (χ3n) is 8.41. The molecule has 5 rings (SSSR count). The Morgan fingerprint density at radius 2 is 2.02 bits per heavy atom. The number of hydrogen-bond acceptors (Lipinski definition) is 10. The van der Waals surface area contributed by atoms with E-state index in [0.717, 1.165) is 17.7 Å². The number of nitrogens with one attached hydrogen (secondary N) is 1. The molecule has 1 fully saturated rings. The zero-order valence-corrected chi connectivity index (χ0v) is 23.9. The SMILES string of the molecule is COc1ccc2c3c1O[C@H]1C(OC(=O)C(C)OC(=O)CCNC(=O)OC(C)(C)C)=CC[C@@]4(O)[C@@H](C2)N(C)CC[C@]314. The first-order valence-corrected chi connectivity index (χ1v) is 13.7. The lowest BCUT2D eigenvalue weighted by Gasteiger charge is -2.61. The Hall–Kier alpha value is -3.31. The second kappa shape index (κ2) is 9.95. The first kappa shape index (κ1) is 28.2. The Morgan fingerprint density at radius 3 is 2.73 bits per heavy atom. The summed E-state index contributed by atoms with van der Waals surface area (Å²) in [4.78, 5) is 39.3. The van der Waals surface area contributed by atoms with Gasteiger partial charge in [0.2, 0.25) is 0 Å². The number of hydrogen-bond donors (Lipinski definition) is 2. The molecule has 11 nitrogen and oxygen atoms in total. The number of ether oxygens (including phenoxy) is 5. The maximum absolute atomic E-state index is 13.1. The van der Waals surface area contributed by atoms with Crippen LogP contribution in [0.5, 0.6) is 11.5 Å².